The van der Waals surface area contributed by atoms with Crippen LogP contribution >= 0.6 is 7.37 Å². The van der Waals surface area contributed by atoms with E-state index in [2.05, 4.69) is 0 Å². The minimum atomic E-state index is -3.21. The van der Waals surface area contributed by atoms with E-state index in [1.807, 2.05) is 6.07 Å². The first kappa shape index (κ1) is 15.9. The Hall–Kier alpha value is -1.12. The second kappa shape index (κ2) is 6.88. The van der Waals surface area contributed by atoms with E-state index in [-0.39, 0.29) is 18.4 Å². The molecule has 0 aromatic heterocycles. The predicted molar refractivity (Wildman–Crippen MR) is 76.0 cm³/mol. The molecule has 1 rings (SSSR count). The summed E-state index contributed by atoms with van der Waals surface area (Å²) in [6.07, 6.45) is -0.679. The van der Waals surface area contributed by atoms with Gasteiger partial charge >= 0.3 is 5.97 Å². The predicted octanol–water partition coefficient (Wildman–Crippen LogP) is 2.97. The topological polar surface area (TPSA) is 52.6 Å². The fourth-order valence-electron chi connectivity index (χ4n) is 1.66. The van der Waals surface area contributed by atoms with Crippen molar-refractivity contribution < 1.29 is 18.6 Å². The molecule has 1 atom stereocenters. The Balaban J connectivity index is 2.95. The van der Waals surface area contributed by atoms with Gasteiger partial charge < -0.3 is 9.26 Å². The van der Waals surface area contributed by atoms with Crippen molar-refractivity contribution in [3.63, 3.8) is 0 Å². The van der Waals surface area contributed by atoms with Crippen LogP contribution in [-0.2, 0) is 18.6 Å². The summed E-state index contributed by atoms with van der Waals surface area (Å²) in [5.74, 6) is -0.497. The van der Waals surface area contributed by atoms with E-state index in [1.165, 1.54) is 0 Å². The third kappa shape index (κ3) is 5.17. The summed E-state index contributed by atoms with van der Waals surface area (Å²) >= 11 is 0. The van der Waals surface area contributed by atoms with E-state index in [0.717, 1.165) is 0 Å². The molecule has 0 aliphatic carbocycles. The molecule has 0 aliphatic rings. The Morgan fingerprint density at radius 1 is 1.11 bits per heavy atom. The maximum Gasteiger partial charge on any atom is 0.316 e. The summed E-state index contributed by atoms with van der Waals surface area (Å²) in [7, 11) is -3.21. The number of carbonyl (C=O) groups excluding carboxylic acids is 1. The number of carbonyl (C=O) groups is 1. The van der Waals surface area contributed by atoms with Crippen molar-refractivity contribution in [2.45, 2.75) is 39.9 Å². The highest BCUT2D eigenvalue weighted by molar-refractivity contribution is 7.67. The zero-order valence-corrected chi connectivity index (χ0v) is 12.7. The van der Waals surface area contributed by atoms with Gasteiger partial charge in [0.1, 0.15) is 6.16 Å². The van der Waals surface area contributed by atoms with Gasteiger partial charge in [-0.05, 0) is 39.8 Å². The van der Waals surface area contributed by atoms with Gasteiger partial charge in [0, 0.05) is 5.30 Å². The van der Waals surface area contributed by atoms with Gasteiger partial charge in [-0.15, -0.1) is 0 Å². The first-order valence-electron chi connectivity index (χ1n) is 6.36. The lowest BCUT2D eigenvalue weighted by Crippen LogP contribution is -2.22. The average Bonchev–Trinajstić information content (AvgIpc) is 2.27. The number of benzene rings is 1. The molecule has 0 radical (unpaired) electrons. The summed E-state index contributed by atoms with van der Waals surface area (Å²) in [6.45, 7) is 7.11. The van der Waals surface area contributed by atoms with Gasteiger partial charge in [0.2, 0.25) is 7.37 Å². The maximum absolute atomic E-state index is 12.9. The first-order chi connectivity index (χ1) is 8.83. The van der Waals surface area contributed by atoms with Crippen molar-refractivity contribution in [2.75, 3.05) is 6.16 Å². The number of ether oxygens (including phenoxy) is 1. The minimum absolute atomic E-state index is 0.224. The van der Waals surface area contributed by atoms with Crippen molar-refractivity contribution in [3.05, 3.63) is 30.3 Å². The van der Waals surface area contributed by atoms with Gasteiger partial charge in [-0.2, -0.15) is 0 Å². The van der Waals surface area contributed by atoms with Crippen LogP contribution in [-0.4, -0.2) is 24.3 Å². The minimum Gasteiger partial charge on any atom is -0.463 e. The molecule has 19 heavy (non-hydrogen) atoms. The van der Waals surface area contributed by atoms with Crippen LogP contribution in [0.5, 0.6) is 0 Å². The molecule has 0 bridgehead atoms. The highest BCUT2D eigenvalue weighted by atomic mass is 31.2. The average molecular weight is 284 g/mol. The molecule has 0 N–H and O–H groups in total. The van der Waals surface area contributed by atoms with Crippen molar-refractivity contribution in [3.8, 4) is 0 Å². The van der Waals surface area contributed by atoms with E-state index >= 15 is 0 Å². The van der Waals surface area contributed by atoms with Gasteiger partial charge in [0.25, 0.3) is 0 Å². The molecule has 1 aromatic rings. The Morgan fingerprint density at radius 2 is 1.68 bits per heavy atom. The van der Waals surface area contributed by atoms with Gasteiger partial charge in [0.05, 0.1) is 12.2 Å². The van der Waals surface area contributed by atoms with Crippen LogP contribution in [0.1, 0.15) is 27.7 Å². The Labute approximate surface area is 114 Å². The molecular formula is C14H21O4P. The summed E-state index contributed by atoms with van der Waals surface area (Å²) in [5, 5.41) is 0.546. The maximum atomic E-state index is 12.9. The molecule has 106 valence electrons. The second-order valence-corrected chi connectivity index (χ2v) is 7.25. The molecule has 4 nitrogen and oxygen atoms in total. The molecule has 0 saturated heterocycles. The Kier molecular flexibility index (Phi) is 5.77. The van der Waals surface area contributed by atoms with E-state index in [4.69, 9.17) is 9.26 Å². The number of esters is 1. The van der Waals surface area contributed by atoms with Gasteiger partial charge in [-0.25, -0.2) is 0 Å². The van der Waals surface area contributed by atoms with Crippen molar-refractivity contribution in [2.24, 2.45) is 0 Å². The molecule has 0 fully saturated rings. The van der Waals surface area contributed by atoms with Crippen molar-refractivity contribution >= 4 is 18.6 Å². The Morgan fingerprint density at radius 3 is 2.16 bits per heavy atom. The van der Waals surface area contributed by atoms with Crippen LogP contribution in [0.3, 0.4) is 0 Å². The second-order valence-electron chi connectivity index (χ2n) is 4.86. The van der Waals surface area contributed by atoms with Crippen LogP contribution in [0.4, 0.5) is 0 Å². The molecule has 1 unspecified atom stereocenters. The van der Waals surface area contributed by atoms with E-state index in [9.17, 15) is 9.36 Å². The van der Waals surface area contributed by atoms with Crippen LogP contribution < -0.4 is 5.30 Å². The molecule has 0 heterocycles. The quantitative estimate of drug-likeness (QED) is 0.595. The normalized spacial score (nSPS) is 14.4. The number of hydrogen-bond donors (Lipinski definition) is 0. The standard InChI is InChI=1S/C14H21O4P/c1-11(2)17-14(15)10-19(16,18-12(3)4)13-8-6-5-7-9-13/h5-9,11-12H,10H2,1-4H3. The third-order valence-electron chi connectivity index (χ3n) is 2.24. The largest absolute Gasteiger partial charge is 0.463 e. The summed E-state index contributed by atoms with van der Waals surface area (Å²) in [6, 6.07) is 8.81. The zero-order chi connectivity index (χ0) is 14.5. The monoisotopic (exact) mass is 284 g/mol. The first-order valence-corrected chi connectivity index (χ1v) is 8.17. The third-order valence-corrected chi connectivity index (χ3v) is 4.76. The van der Waals surface area contributed by atoms with Crippen LogP contribution in [0.2, 0.25) is 0 Å². The van der Waals surface area contributed by atoms with Crippen LogP contribution in [0.25, 0.3) is 0 Å². The lowest BCUT2D eigenvalue weighted by molar-refractivity contribution is -0.144. The zero-order valence-electron chi connectivity index (χ0n) is 11.8. The number of rotatable bonds is 6. The SMILES string of the molecule is CC(C)OC(=O)CP(=O)(OC(C)C)c1ccccc1. The van der Waals surface area contributed by atoms with Crippen molar-refractivity contribution in [1.29, 1.82) is 0 Å². The molecule has 0 saturated carbocycles. The molecule has 0 spiro atoms. The molecule has 5 heteroatoms. The van der Waals surface area contributed by atoms with E-state index in [0.29, 0.717) is 5.30 Å². The van der Waals surface area contributed by atoms with Crippen LogP contribution in [0, 0.1) is 0 Å². The van der Waals surface area contributed by atoms with Gasteiger partial charge in [0.15, 0.2) is 0 Å². The van der Waals surface area contributed by atoms with Crippen LogP contribution in [0.15, 0.2) is 30.3 Å². The van der Waals surface area contributed by atoms with Crippen molar-refractivity contribution in [1.82, 2.24) is 0 Å². The lowest BCUT2D eigenvalue weighted by atomic mass is 10.4. The summed E-state index contributed by atoms with van der Waals surface area (Å²) in [4.78, 5) is 11.7. The summed E-state index contributed by atoms with van der Waals surface area (Å²) in [5.41, 5.74) is 0. The van der Waals surface area contributed by atoms with Gasteiger partial charge in [-0.1, -0.05) is 18.2 Å². The molecule has 0 amide bonds. The molecular weight excluding hydrogens is 263 g/mol. The van der Waals surface area contributed by atoms with E-state index in [1.54, 1.807) is 52.0 Å². The fourth-order valence-corrected chi connectivity index (χ4v) is 3.76. The van der Waals surface area contributed by atoms with Gasteiger partial charge in [-0.3, -0.25) is 9.36 Å². The fraction of sp³-hybridized carbons (Fsp3) is 0.500. The molecule has 1 aromatic carbocycles. The highest BCUT2D eigenvalue weighted by Crippen LogP contribution is 2.46. The van der Waals surface area contributed by atoms with E-state index < -0.39 is 13.3 Å². The highest BCUT2D eigenvalue weighted by Gasteiger charge is 2.31. The Bertz CT molecular complexity index is 454. The molecule has 0 aliphatic heterocycles. The lowest BCUT2D eigenvalue weighted by Gasteiger charge is -2.21. The number of hydrogen-bond acceptors (Lipinski definition) is 4. The summed E-state index contributed by atoms with van der Waals surface area (Å²) < 4.78 is 23.5. The smallest absolute Gasteiger partial charge is 0.316 e.